The maximum Gasteiger partial charge on any atom is 0.224 e. The Morgan fingerprint density at radius 3 is 2.30 bits per heavy atom. The SMILES string of the molecule is CC(=O)NC(CC(=O)N(C)C1CC2CCC(C1)N2)c1c(F)cccc1F.Cl. The fraction of sp³-hybridized carbons (Fsp3) is 0.579. The summed E-state index contributed by atoms with van der Waals surface area (Å²) in [6, 6.07) is 3.48. The standard InChI is InChI=1S/C19H25F2N3O2.ClH/c1-11(25)22-17(19-15(20)4-3-5-16(19)21)10-18(26)24(2)14-8-12-6-7-13(9-14)23-12;/h3-5,12-14,17,23H,6-10H2,1-2H3,(H,22,25);1H. The summed E-state index contributed by atoms with van der Waals surface area (Å²) in [7, 11) is 1.74. The van der Waals surface area contributed by atoms with E-state index in [2.05, 4.69) is 10.6 Å². The minimum Gasteiger partial charge on any atom is -0.349 e. The summed E-state index contributed by atoms with van der Waals surface area (Å²) in [6.07, 6.45) is 3.85. The molecule has 2 bridgehead atoms. The van der Waals surface area contributed by atoms with E-state index in [0.717, 1.165) is 37.8 Å². The van der Waals surface area contributed by atoms with Crippen molar-refractivity contribution in [2.45, 2.75) is 63.2 Å². The van der Waals surface area contributed by atoms with Crippen LogP contribution in [-0.2, 0) is 9.59 Å². The Bertz CT molecular complexity index is 671. The second-order valence-corrected chi connectivity index (χ2v) is 7.36. The smallest absolute Gasteiger partial charge is 0.224 e. The summed E-state index contributed by atoms with van der Waals surface area (Å²) in [5, 5.41) is 6.05. The van der Waals surface area contributed by atoms with E-state index in [1.54, 1.807) is 11.9 Å². The lowest BCUT2D eigenvalue weighted by atomic mass is 9.97. The van der Waals surface area contributed by atoms with Gasteiger partial charge in [0, 0.05) is 37.7 Å². The second kappa shape index (κ2) is 8.97. The van der Waals surface area contributed by atoms with Gasteiger partial charge in [-0.25, -0.2) is 8.78 Å². The summed E-state index contributed by atoms with van der Waals surface area (Å²) in [4.78, 5) is 26.0. The molecule has 2 fully saturated rings. The van der Waals surface area contributed by atoms with Gasteiger partial charge in [-0.3, -0.25) is 9.59 Å². The van der Waals surface area contributed by atoms with Crippen molar-refractivity contribution in [3.05, 3.63) is 35.4 Å². The molecule has 0 aliphatic carbocycles. The van der Waals surface area contributed by atoms with Crippen LogP contribution in [0.1, 0.15) is 50.6 Å². The van der Waals surface area contributed by atoms with Crippen LogP contribution in [0, 0.1) is 11.6 Å². The van der Waals surface area contributed by atoms with Crippen LogP contribution in [-0.4, -0.2) is 41.9 Å². The fourth-order valence-corrected chi connectivity index (χ4v) is 4.18. The van der Waals surface area contributed by atoms with Gasteiger partial charge in [-0.2, -0.15) is 0 Å². The van der Waals surface area contributed by atoms with Gasteiger partial charge in [0.1, 0.15) is 11.6 Å². The number of nitrogens with one attached hydrogen (secondary N) is 2. The predicted molar refractivity (Wildman–Crippen MR) is 101 cm³/mol. The molecule has 0 radical (unpaired) electrons. The topological polar surface area (TPSA) is 61.4 Å². The summed E-state index contributed by atoms with van der Waals surface area (Å²) in [6.45, 7) is 1.27. The average molecular weight is 402 g/mol. The number of rotatable bonds is 5. The number of fused-ring (bicyclic) bond motifs is 2. The van der Waals surface area contributed by atoms with Crippen LogP contribution in [0.3, 0.4) is 0 Å². The molecule has 1 aromatic rings. The minimum atomic E-state index is -1.03. The summed E-state index contributed by atoms with van der Waals surface area (Å²) in [5.41, 5.74) is -0.269. The molecule has 2 amide bonds. The van der Waals surface area contributed by atoms with Gasteiger partial charge >= 0.3 is 0 Å². The van der Waals surface area contributed by atoms with Gasteiger partial charge in [-0.1, -0.05) is 6.07 Å². The molecule has 5 nitrogen and oxygen atoms in total. The normalized spacial score (nSPS) is 24.7. The van der Waals surface area contributed by atoms with E-state index in [0.29, 0.717) is 12.1 Å². The number of halogens is 3. The first-order valence-electron chi connectivity index (χ1n) is 9.08. The van der Waals surface area contributed by atoms with E-state index < -0.39 is 23.6 Å². The number of hydrogen-bond acceptors (Lipinski definition) is 3. The van der Waals surface area contributed by atoms with Gasteiger partial charge in [0.2, 0.25) is 11.8 Å². The van der Waals surface area contributed by atoms with E-state index in [4.69, 9.17) is 0 Å². The largest absolute Gasteiger partial charge is 0.349 e. The number of carbonyl (C=O) groups is 2. The van der Waals surface area contributed by atoms with Gasteiger partial charge in [0.25, 0.3) is 0 Å². The Morgan fingerprint density at radius 2 is 1.78 bits per heavy atom. The first-order valence-corrected chi connectivity index (χ1v) is 9.08. The van der Waals surface area contributed by atoms with Crippen molar-refractivity contribution in [2.24, 2.45) is 0 Å². The average Bonchev–Trinajstić information content (AvgIpc) is 2.91. The van der Waals surface area contributed by atoms with E-state index in [1.807, 2.05) is 0 Å². The monoisotopic (exact) mass is 401 g/mol. The van der Waals surface area contributed by atoms with Crippen molar-refractivity contribution in [3.63, 3.8) is 0 Å². The molecule has 1 aromatic carbocycles. The summed E-state index contributed by atoms with van der Waals surface area (Å²) in [5.74, 6) is -2.19. The number of benzene rings is 1. The molecule has 2 aliphatic heterocycles. The molecular weight excluding hydrogens is 376 g/mol. The van der Waals surface area contributed by atoms with Gasteiger partial charge in [-0.15, -0.1) is 12.4 Å². The van der Waals surface area contributed by atoms with Crippen LogP contribution in [0.25, 0.3) is 0 Å². The van der Waals surface area contributed by atoms with Gasteiger partial charge in [-0.05, 0) is 37.8 Å². The molecule has 2 N–H and O–H groups in total. The molecule has 2 saturated heterocycles. The second-order valence-electron chi connectivity index (χ2n) is 7.36. The van der Waals surface area contributed by atoms with E-state index >= 15 is 0 Å². The van der Waals surface area contributed by atoms with Gasteiger partial charge < -0.3 is 15.5 Å². The Balaban J connectivity index is 0.00000261. The molecule has 3 unspecified atom stereocenters. The Labute approximate surface area is 164 Å². The zero-order valence-electron chi connectivity index (χ0n) is 15.5. The molecule has 0 saturated carbocycles. The quantitative estimate of drug-likeness (QED) is 0.797. The number of hydrogen-bond donors (Lipinski definition) is 2. The van der Waals surface area contributed by atoms with Gasteiger partial charge in [0.05, 0.1) is 12.5 Å². The fourth-order valence-electron chi connectivity index (χ4n) is 4.18. The lowest BCUT2D eigenvalue weighted by molar-refractivity contribution is -0.133. The zero-order chi connectivity index (χ0) is 18.8. The highest BCUT2D eigenvalue weighted by atomic mass is 35.5. The van der Waals surface area contributed by atoms with Crippen LogP contribution in [0.4, 0.5) is 8.78 Å². The Morgan fingerprint density at radius 1 is 1.22 bits per heavy atom. The Hall–Kier alpha value is -1.73. The maximum absolute atomic E-state index is 14.1. The number of piperidine rings is 1. The first-order chi connectivity index (χ1) is 12.3. The third-order valence-electron chi connectivity index (χ3n) is 5.49. The third kappa shape index (κ3) is 4.96. The number of carbonyl (C=O) groups excluding carboxylic acids is 2. The molecular formula is C19H26ClF2N3O2. The van der Waals surface area contributed by atoms with Crippen molar-refractivity contribution >= 4 is 24.2 Å². The van der Waals surface area contributed by atoms with E-state index in [9.17, 15) is 18.4 Å². The highest BCUT2D eigenvalue weighted by Crippen LogP contribution is 2.30. The summed E-state index contributed by atoms with van der Waals surface area (Å²) < 4.78 is 28.3. The van der Waals surface area contributed by atoms with Crippen molar-refractivity contribution < 1.29 is 18.4 Å². The zero-order valence-corrected chi connectivity index (χ0v) is 16.3. The molecule has 150 valence electrons. The molecule has 8 heteroatoms. The number of nitrogens with zero attached hydrogens (tertiary/aromatic N) is 1. The maximum atomic E-state index is 14.1. The number of amides is 2. The molecule has 27 heavy (non-hydrogen) atoms. The van der Waals surface area contributed by atoms with Crippen LogP contribution < -0.4 is 10.6 Å². The van der Waals surface area contributed by atoms with Crippen LogP contribution >= 0.6 is 12.4 Å². The van der Waals surface area contributed by atoms with Gasteiger partial charge in [0.15, 0.2) is 0 Å². The molecule has 2 aliphatic rings. The van der Waals surface area contributed by atoms with Crippen LogP contribution in [0.2, 0.25) is 0 Å². The van der Waals surface area contributed by atoms with Crippen molar-refractivity contribution in [1.82, 2.24) is 15.5 Å². The van der Waals surface area contributed by atoms with Crippen LogP contribution in [0.15, 0.2) is 18.2 Å². The first kappa shape index (κ1) is 21.6. The lowest BCUT2D eigenvalue weighted by Crippen LogP contribution is -2.49. The van der Waals surface area contributed by atoms with Crippen molar-refractivity contribution in [1.29, 1.82) is 0 Å². The van der Waals surface area contributed by atoms with Crippen LogP contribution in [0.5, 0.6) is 0 Å². The van der Waals surface area contributed by atoms with E-state index in [-0.39, 0.29) is 36.3 Å². The van der Waals surface area contributed by atoms with Crippen molar-refractivity contribution in [3.8, 4) is 0 Å². The summed E-state index contributed by atoms with van der Waals surface area (Å²) >= 11 is 0. The molecule has 0 aromatic heterocycles. The Kier molecular flexibility index (Phi) is 7.17. The highest BCUT2D eigenvalue weighted by Gasteiger charge is 2.37. The molecule has 2 heterocycles. The third-order valence-corrected chi connectivity index (χ3v) is 5.49. The molecule has 0 spiro atoms. The van der Waals surface area contributed by atoms with E-state index in [1.165, 1.54) is 13.0 Å². The molecule has 3 atom stereocenters. The van der Waals surface area contributed by atoms with Crippen molar-refractivity contribution in [2.75, 3.05) is 7.05 Å². The lowest BCUT2D eigenvalue weighted by Gasteiger charge is -2.36. The minimum absolute atomic E-state index is 0. The highest BCUT2D eigenvalue weighted by molar-refractivity contribution is 5.85. The predicted octanol–water partition coefficient (Wildman–Crippen LogP) is 2.70. The molecule has 3 rings (SSSR count).